The second kappa shape index (κ2) is 10.0. The van der Waals surface area contributed by atoms with Crippen LogP contribution in [0.25, 0.3) is 0 Å². The van der Waals surface area contributed by atoms with E-state index < -0.39 is 6.04 Å². The van der Waals surface area contributed by atoms with Gasteiger partial charge in [0.2, 0.25) is 0 Å². The maximum atomic E-state index is 12.4. The lowest BCUT2D eigenvalue weighted by molar-refractivity contribution is -0.146. The molecule has 0 aromatic heterocycles. The average molecular weight is 382 g/mol. The minimum atomic E-state index is -0.533. The highest BCUT2D eigenvalue weighted by atomic mass is 16.6. The van der Waals surface area contributed by atoms with Crippen LogP contribution in [0.5, 0.6) is 5.75 Å². The zero-order chi connectivity index (χ0) is 19.8. The topological polar surface area (TPSA) is 68.8 Å². The van der Waals surface area contributed by atoms with Gasteiger partial charge >= 0.3 is 5.97 Å². The number of carbonyl (C=O) groups is 1. The van der Waals surface area contributed by atoms with Gasteiger partial charge in [0.25, 0.3) is 0 Å². The van der Waals surface area contributed by atoms with Crippen LogP contribution in [0.3, 0.4) is 0 Å². The number of nitrogens with one attached hydrogen (secondary N) is 2. The van der Waals surface area contributed by atoms with Crippen molar-refractivity contribution in [2.45, 2.75) is 25.6 Å². The predicted octanol–water partition coefficient (Wildman–Crippen LogP) is 3.22. The van der Waals surface area contributed by atoms with Gasteiger partial charge in [0, 0.05) is 12.1 Å². The van der Waals surface area contributed by atoms with Crippen LogP contribution in [0, 0.1) is 0 Å². The molecule has 0 bridgehead atoms. The summed E-state index contributed by atoms with van der Waals surface area (Å²) in [5.74, 6) is 0.405. The quantitative estimate of drug-likeness (QED) is 0.394. The van der Waals surface area contributed by atoms with Gasteiger partial charge in [-0.25, -0.2) is 4.79 Å². The number of hydrogen-bond donors (Lipinski definition) is 2. The van der Waals surface area contributed by atoms with E-state index in [0.717, 1.165) is 16.7 Å². The molecule has 0 amide bonds. The van der Waals surface area contributed by atoms with E-state index in [2.05, 4.69) is 17.4 Å². The van der Waals surface area contributed by atoms with Gasteiger partial charge in [-0.05, 0) is 24.1 Å². The molecule has 2 N–H and O–H groups in total. The minimum Gasteiger partial charge on any atom is -0.489 e. The van der Waals surface area contributed by atoms with Crippen LogP contribution in [-0.2, 0) is 21.0 Å². The van der Waals surface area contributed by atoms with Crippen LogP contribution in [0.4, 0.5) is 0 Å². The van der Waals surface area contributed by atoms with Crippen molar-refractivity contribution in [3.8, 4) is 5.75 Å². The summed E-state index contributed by atoms with van der Waals surface area (Å²) in [6.45, 7) is 7.15. The van der Waals surface area contributed by atoms with Crippen molar-refractivity contribution in [2.75, 3.05) is 19.8 Å². The van der Waals surface area contributed by atoms with E-state index in [4.69, 9.17) is 14.3 Å². The van der Waals surface area contributed by atoms with E-state index in [1.165, 1.54) is 0 Å². The number of fused-ring (bicyclic) bond motifs is 1. The third-order valence-corrected chi connectivity index (χ3v) is 4.47. The molecule has 148 valence electrons. The first kappa shape index (κ1) is 20.1. The lowest BCUT2D eigenvalue weighted by atomic mass is 9.90. The molecule has 0 fully saturated rings. The fourth-order valence-electron chi connectivity index (χ4n) is 3.24. The highest BCUT2D eigenvalue weighted by Crippen LogP contribution is 2.36. The van der Waals surface area contributed by atoms with E-state index in [1.807, 2.05) is 48.5 Å². The Kier molecular flexibility index (Phi) is 7.19. The van der Waals surface area contributed by atoms with E-state index in [1.54, 1.807) is 13.0 Å². The minimum absolute atomic E-state index is 0.176. The molecule has 3 rings (SSSR count). The van der Waals surface area contributed by atoms with Crippen molar-refractivity contribution in [3.05, 3.63) is 77.9 Å². The molecular weight excluding hydrogens is 356 g/mol. The molecule has 2 unspecified atom stereocenters. The molecule has 1 aliphatic rings. The number of carbonyl (C=O) groups excluding carboxylic acids is 1. The molecule has 6 nitrogen and oxygen atoms in total. The Bertz CT molecular complexity index is 794. The van der Waals surface area contributed by atoms with Gasteiger partial charge < -0.3 is 9.47 Å². The molecule has 0 spiro atoms. The molecule has 0 aliphatic carbocycles. The van der Waals surface area contributed by atoms with Gasteiger partial charge in [-0.15, -0.1) is 0 Å². The molecule has 0 saturated heterocycles. The Morgan fingerprint density at radius 3 is 2.82 bits per heavy atom. The van der Waals surface area contributed by atoms with Crippen LogP contribution in [-0.4, -0.2) is 25.7 Å². The number of esters is 1. The van der Waals surface area contributed by atoms with Crippen molar-refractivity contribution in [1.82, 2.24) is 10.8 Å². The first-order valence-corrected chi connectivity index (χ1v) is 9.42. The number of ether oxygens (including phenoxy) is 2. The first-order valence-electron chi connectivity index (χ1n) is 9.42. The fourth-order valence-corrected chi connectivity index (χ4v) is 3.24. The summed E-state index contributed by atoms with van der Waals surface area (Å²) >= 11 is 0. The van der Waals surface area contributed by atoms with Gasteiger partial charge in [-0.2, -0.15) is 5.48 Å². The number of hydrogen-bond acceptors (Lipinski definition) is 6. The lowest BCUT2D eigenvalue weighted by Crippen LogP contribution is -2.43. The Labute approximate surface area is 165 Å². The largest absolute Gasteiger partial charge is 0.489 e. The lowest BCUT2D eigenvalue weighted by Gasteiger charge is -2.33. The van der Waals surface area contributed by atoms with E-state index >= 15 is 0 Å². The predicted molar refractivity (Wildman–Crippen MR) is 107 cm³/mol. The van der Waals surface area contributed by atoms with Crippen LogP contribution in [0.15, 0.2) is 61.2 Å². The summed E-state index contributed by atoms with van der Waals surface area (Å²) in [6.07, 6.45) is 1.69. The van der Waals surface area contributed by atoms with Gasteiger partial charge in [0.05, 0.1) is 19.3 Å². The van der Waals surface area contributed by atoms with Gasteiger partial charge in [-0.3, -0.25) is 10.2 Å². The van der Waals surface area contributed by atoms with Gasteiger partial charge in [0.15, 0.2) is 0 Å². The molecular formula is C22H26N2O4. The zero-order valence-electron chi connectivity index (χ0n) is 16.0. The van der Waals surface area contributed by atoms with E-state index in [-0.39, 0.29) is 12.0 Å². The SMILES string of the molecule is C=CCOc1cccc2c1C(NOCc1ccccc1)CNC2C(=O)OCC. The summed E-state index contributed by atoms with van der Waals surface area (Å²) in [5.41, 5.74) is 5.91. The van der Waals surface area contributed by atoms with Crippen molar-refractivity contribution in [3.63, 3.8) is 0 Å². The summed E-state index contributed by atoms with van der Waals surface area (Å²) in [7, 11) is 0. The normalized spacial score (nSPS) is 18.2. The molecule has 2 aromatic rings. The Morgan fingerprint density at radius 2 is 2.07 bits per heavy atom. The number of hydroxylamine groups is 1. The maximum absolute atomic E-state index is 12.4. The molecule has 0 saturated carbocycles. The van der Waals surface area contributed by atoms with Crippen LogP contribution < -0.4 is 15.5 Å². The Balaban J connectivity index is 1.80. The van der Waals surface area contributed by atoms with Crippen molar-refractivity contribution in [2.24, 2.45) is 0 Å². The molecule has 1 heterocycles. The highest BCUT2D eigenvalue weighted by Gasteiger charge is 2.34. The molecule has 0 radical (unpaired) electrons. The van der Waals surface area contributed by atoms with Gasteiger partial charge in [-0.1, -0.05) is 55.1 Å². The third kappa shape index (κ3) is 4.78. The standard InChI is InChI=1S/C22H26N2O4/c1-3-13-27-19-12-8-11-17-20(19)18(14-23-21(17)22(25)26-4-2)24-28-15-16-9-6-5-7-10-16/h3,5-12,18,21,23-24H,1,4,13-15H2,2H3. The van der Waals surface area contributed by atoms with E-state index in [0.29, 0.717) is 32.1 Å². The molecule has 6 heteroatoms. The van der Waals surface area contributed by atoms with Crippen LogP contribution in [0.1, 0.15) is 35.7 Å². The Morgan fingerprint density at radius 1 is 1.25 bits per heavy atom. The van der Waals surface area contributed by atoms with Crippen molar-refractivity contribution < 1.29 is 19.1 Å². The average Bonchev–Trinajstić information content (AvgIpc) is 2.73. The maximum Gasteiger partial charge on any atom is 0.327 e. The summed E-state index contributed by atoms with van der Waals surface area (Å²) in [6, 6.07) is 14.9. The smallest absolute Gasteiger partial charge is 0.327 e. The first-order chi connectivity index (χ1) is 13.7. The molecule has 28 heavy (non-hydrogen) atoms. The highest BCUT2D eigenvalue weighted by molar-refractivity contribution is 5.79. The fraction of sp³-hybridized carbons (Fsp3) is 0.318. The molecule has 2 atom stereocenters. The van der Waals surface area contributed by atoms with Crippen LogP contribution >= 0.6 is 0 Å². The van der Waals surface area contributed by atoms with Gasteiger partial charge in [0.1, 0.15) is 18.4 Å². The molecule has 1 aliphatic heterocycles. The zero-order valence-corrected chi connectivity index (χ0v) is 16.0. The number of rotatable bonds is 9. The summed E-state index contributed by atoms with van der Waals surface area (Å²) in [5, 5.41) is 3.25. The third-order valence-electron chi connectivity index (χ3n) is 4.47. The Hall–Kier alpha value is -2.67. The van der Waals surface area contributed by atoms with Crippen molar-refractivity contribution in [1.29, 1.82) is 0 Å². The van der Waals surface area contributed by atoms with Crippen LogP contribution in [0.2, 0.25) is 0 Å². The number of benzene rings is 2. The summed E-state index contributed by atoms with van der Waals surface area (Å²) in [4.78, 5) is 18.1. The second-order valence-electron chi connectivity index (χ2n) is 6.40. The molecule has 2 aromatic carbocycles. The van der Waals surface area contributed by atoms with E-state index in [9.17, 15) is 4.79 Å². The summed E-state index contributed by atoms with van der Waals surface area (Å²) < 4.78 is 11.1. The van der Waals surface area contributed by atoms with Crippen molar-refractivity contribution >= 4 is 5.97 Å². The second-order valence-corrected chi connectivity index (χ2v) is 6.40. The monoisotopic (exact) mass is 382 g/mol.